The molecule has 4 nitrogen and oxygen atoms in total. The molecule has 0 aliphatic rings. The molecular formula is C14H17N3O. The van der Waals surface area contributed by atoms with Crippen molar-refractivity contribution < 1.29 is 4.74 Å². The van der Waals surface area contributed by atoms with Gasteiger partial charge in [-0.2, -0.15) is 0 Å². The fraction of sp³-hybridized carbons (Fsp3) is 0.286. The molecule has 0 radical (unpaired) electrons. The molecule has 2 heterocycles. The Balaban J connectivity index is 1.83. The Morgan fingerprint density at radius 2 is 2.11 bits per heavy atom. The standard InChI is InChI=1S/C14H17N3O/c1-11(15)14-6-5-13(10-17-14)18-9-7-12-4-2-3-8-16-12/h2-6,8,10-11H,7,9,15H2,1H3. The Morgan fingerprint density at radius 3 is 2.72 bits per heavy atom. The van der Waals surface area contributed by atoms with Crippen molar-refractivity contribution in [3.05, 3.63) is 54.1 Å². The van der Waals surface area contributed by atoms with E-state index in [-0.39, 0.29) is 6.04 Å². The highest BCUT2D eigenvalue weighted by Crippen LogP contribution is 2.12. The molecule has 1 atom stereocenters. The first-order valence-corrected chi connectivity index (χ1v) is 6.00. The SMILES string of the molecule is CC(N)c1ccc(OCCc2ccccn2)cn1. The van der Waals surface area contributed by atoms with E-state index in [4.69, 9.17) is 10.5 Å². The summed E-state index contributed by atoms with van der Waals surface area (Å²) in [6, 6.07) is 9.60. The maximum absolute atomic E-state index is 5.73. The number of nitrogens with zero attached hydrogens (tertiary/aromatic N) is 2. The highest BCUT2D eigenvalue weighted by molar-refractivity contribution is 5.21. The lowest BCUT2D eigenvalue weighted by Gasteiger charge is -2.07. The molecule has 0 amide bonds. The number of hydrogen-bond acceptors (Lipinski definition) is 4. The van der Waals surface area contributed by atoms with Crippen LogP contribution in [0.4, 0.5) is 0 Å². The number of hydrogen-bond donors (Lipinski definition) is 1. The van der Waals surface area contributed by atoms with Gasteiger partial charge in [-0.15, -0.1) is 0 Å². The second-order valence-corrected chi connectivity index (χ2v) is 4.13. The minimum atomic E-state index is -0.0485. The average molecular weight is 243 g/mol. The van der Waals surface area contributed by atoms with E-state index in [2.05, 4.69) is 9.97 Å². The van der Waals surface area contributed by atoms with E-state index in [0.717, 1.165) is 23.6 Å². The summed E-state index contributed by atoms with van der Waals surface area (Å²) in [6.07, 6.45) is 4.28. The highest BCUT2D eigenvalue weighted by Gasteiger charge is 2.01. The van der Waals surface area contributed by atoms with Crippen LogP contribution in [0.5, 0.6) is 5.75 Å². The van der Waals surface area contributed by atoms with Crippen LogP contribution in [0.1, 0.15) is 24.4 Å². The second-order valence-electron chi connectivity index (χ2n) is 4.13. The van der Waals surface area contributed by atoms with Crippen molar-refractivity contribution in [3.63, 3.8) is 0 Å². The van der Waals surface area contributed by atoms with Gasteiger partial charge in [-0.25, -0.2) is 0 Å². The second kappa shape index (κ2) is 6.12. The Morgan fingerprint density at radius 1 is 1.22 bits per heavy atom. The van der Waals surface area contributed by atoms with Gasteiger partial charge in [0.2, 0.25) is 0 Å². The number of nitrogens with two attached hydrogens (primary N) is 1. The number of ether oxygens (including phenoxy) is 1. The van der Waals surface area contributed by atoms with Crippen molar-refractivity contribution in [2.45, 2.75) is 19.4 Å². The highest BCUT2D eigenvalue weighted by atomic mass is 16.5. The summed E-state index contributed by atoms with van der Waals surface area (Å²) in [5, 5.41) is 0. The van der Waals surface area contributed by atoms with Gasteiger partial charge in [0, 0.05) is 24.4 Å². The Labute approximate surface area is 107 Å². The van der Waals surface area contributed by atoms with Gasteiger partial charge in [-0.3, -0.25) is 9.97 Å². The number of pyridine rings is 2. The monoisotopic (exact) mass is 243 g/mol. The maximum atomic E-state index is 5.73. The molecule has 1 unspecified atom stereocenters. The summed E-state index contributed by atoms with van der Waals surface area (Å²) in [7, 11) is 0. The summed E-state index contributed by atoms with van der Waals surface area (Å²) >= 11 is 0. The fourth-order valence-electron chi connectivity index (χ4n) is 1.57. The largest absolute Gasteiger partial charge is 0.492 e. The summed E-state index contributed by atoms with van der Waals surface area (Å²) < 4.78 is 5.60. The van der Waals surface area contributed by atoms with Gasteiger partial charge in [-0.05, 0) is 31.2 Å². The quantitative estimate of drug-likeness (QED) is 0.873. The first kappa shape index (κ1) is 12.5. The van der Waals surface area contributed by atoms with E-state index in [1.165, 1.54) is 0 Å². The molecule has 0 fully saturated rings. The van der Waals surface area contributed by atoms with Crippen molar-refractivity contribution in [3.8, 4) is 5.75 Å². The van der Waals surface area contributed by atoms with E-state index < -0.39 is 0 Å². The molecule has 94 valence electrons. The zero-order valence-electron chi connectivity index (χ0n) is 10.4. The lowest BCUT2D eigenvalue weighted by Crippen LogP contribution is -2.07. The van der Waals surface area contributed by atoms with E-state index in [0.29, 0.717) is 6.61 Å². The van der Waals surface area contributed by atoms with Crippen molar-refractivity contribution in [1.82, 2.24) is 9.97 Å². The molecule has 0 aromatic carbocycles. The Kier molecular flexibility index (Phi) is 4.25. The zero-order chi connectivity index (χ0) is 12.8. The molecule has 4 heteroatoms. The van der Waals surface area contributed by atoms with Crippen LogP contribution in [0.15, 0.2) is 42.7 Å². The van der Waals surface area contributed by atoms with E-state index in [1.54, 1.807) is 12.4 Å². The molecule has 2 N–H and O–H groups in total. The zero-order valence-corrected chi connectivity index (χ0v) is 10.4. The van der Waals surface area contributed by atoms with Gasteiger partial charge in [0.1, 0.15) is 5.75 Å². The lowest BCUT2D eigenvalue weighted by molar-refractivity contribution is 0.319. The molecule has 2 rings (SSSR count). The first-order chi connectivity index (χ1) is 8.75. The van der Waals surface area contributed by atoms with Gasteiger partial charge >= 0.3 is 0 Å². The average Bonchev–Trinajstić information content (AvgIpc) is 2.40. The third kappa shape index (κ3) is 3.53. The molecule has 18 heavy (non-hydrogen) atoms. The van der Waals surface area contributed by atoms with Crippen molar-refractivity contribution >= 4 is 0 Å². The van der Waals surface area contributed by atoms with Crippen LogP contribution in [0.25, 0.3) is 0 Å². The normalized spacial score (nSPS) is 12.1. The predicted octanol–water partition coefficient (Wildman–Crippen LogP) is 2.12. The van der Waals surface area contributed by atoms with E-state index in [1.807, 2.05) is 37.3 Å². The molecule has 0 saturated heterocycles. The lowest BCUT2D eigenvalue weighted by atomic mass is 10.2. The Hall–Kier alpha value is -1.94. The van der Waals surface area contributed by atoms with Crippen LogP contribution in [0.2, 0.25) is 0 Å². The summed E-state index contributed by atoms with van der Waals surface area (Å²) in [4.78, 5) is 8.47. The third-order valence-corrected chi connectivity index (χ3v) is 2.58. The minimum Gasteiger partial charge on any atom is -0.492 e. The molecule has 2 aromatic heterocycles. The minimum absolute atomic E-state index is 0.0485. The summed E-state index contributed by atoms with van der Waals surface area (Å²) in [5.74, 6) is 0.760. The maximum Gasteiger partial charge on any atom is 0.137 e. The Bertz CT molecular complexity index is 468. The van der Waals surface area contributed by atoms with Crippen LogP contribution >= 0.6 is 0 Å². The predicted molar refractivity (Wildman–Crippen MR) is 70.3 cm³/mol. The van der Waals surface area contributed by atoms with Gasteiger partial charge in [-0.1, -0.05) is 6.07 Å². The summed E-state index contributed by atoms with van der Waals surface area (Å²) in [6.45, 7) is 2.50. The van der Waals surface area contributed by atoms with Gasteiger partial charge in [0.15, 0.2) is 0 Å². The van der Waals surface area contributed by atoms with Crippen LogP contribution in [0, 0.1) is 0 Å². The van der Waals surface area contributed by atoms with Crippen LogP contribution in [-0.4, -0.2) is 16.6 Å². The first-order valence-electron chi connectivity index (χ1n) is 6.00. The van der Waals surface area contributed by atoms with E-state index >= 15 is 0 Å². The summed E-state index contributed by atoms with van der Waals surface area (Å²) in [5.41, 5.74) is 7.62. The van der Waals surface area contributed by atoms with Gasteiger partial charge in [0.25, 0.3) is 0 Å². The third-order valence-electron chi connectivity index (χ3n) is 2.58. The van der Waals surface area contributed by atoms with Crippen LogP contribution in [0.3, 0.4) is 0 Å². The van der Waals surface area contributed by atoms with Crippen molar-refractivity contribution in [2.24, 2.45) is 5.73 Å². The number of aromatic nitrogens is 2. The molecule has 0 saturated carbocycles. The molecule has 0 aliphatic carbocycles. The van der Waals surface area contributed by atoms with Crippen LogP contribution < -0.4 is 10.5 Å². The molecular weight excluding hydrogens is 226 g/mol. The van der Waals surface area contributed by atoms with E-state index in [9.17, 15) is 0 Å². The smallest absolute Gasteiger partial charge is 0.137 e. The van der Waals surface area contributed by atoms with Gasteiger partial charge < -0.3 is 10.5 Å². The van der Waals surface area contributed by atoms with Crippen LogP contribution in [-0.2, 0) is 6.42 Å². The number of rotatable bonds is 5. The molecule has 0 spiro atoms. The van der Waals surface area contributed by atoms with Crippen molar-refractivity contribution in [2.75, 3.05) is 6.61 Å². The fourth-order valence-corrected chi connectivity index (χ4v) is 1.57. The van der Waals surface area contributed by atoms with Gasteiger partial charge in [0.05, 0.1) is 18.5 Å². The molecule has 0 aliphatic heterocycles. The molecule has 0 bridgehead atoms. The van der Waals surface area contributed by atoms with Crippen molar-refractivity contribution in [1.29, 1.82) is 0 Å². The topological polar surface area (TPSA) is 61.0 Å². The molecule has 2 aromatic rings.